The lowest BCUT2D eigenvalue weighted by Gasteiger charge is -1.98. The molecule has 0 aliphatic carbocycles. The number of rotatable bonds is 0. The average Bonchev–Trinajstić information content (AvgIpc) is 2.27. The van der Waals surface area contributed by atoms with E-state index in [0.29, 0.717) is 18.4 Å². The van der Waals surface area contributed by atoms with Gasteiger partial charge in [-0.1, -0.05) is 0 Å². The summed E-state index contributed by atoms with van der Waals surface area (Å²) in [6.45, 7) is 0. The molecule has 13 heavy (non-hydrogen) atoms. The van der Waals surface area contributed by atoms with Crippen molar-refractivity contribution in [1.82, 2.24) is 14.7 Å². The van der Waals surface area contributed by atoms with E-state index in [1.807, 2.05) is 45.2 Å². The first-order valence-electron chi connectivity index (χ1n) is 3.29. The molecular formula is C6H4I2N4O. The summed E-state index contributed by atoms with van der Waals surface area (Å²) in [5.41, 5.74) is 6.72. The van der Waals surface area contributed by atoms with Crippen molar-refractivity contribution in [2.24, 2.45) is 0 Å². The van der Waals surface area contributed by atoms with Crippen LogP contribution in [0.25, 0.3) is 11.0 Å². The minimum Gasteiger partial charge on any atom is -0.427 e. The second-order valence-corrected chi connectivity index (χ2v) is 4.51. The molecule has 2 heterocycles. The van der Waals surface area contributed by atoms with Crippen LogP contribution in [0, 0.1) is 7.40 Å². The third kappa shape index (κ3) is 1.43. The monoisotopic (exact) mass is 402 g/mol. The molecule has 0 saturated heterocycles. The van der Waals surface area contributed by atoms with Gasteiger partial charge < -0.3 is 10.9 Å². The molecule has 2 aromatic heterocycles. The summed E-state index contributed by atoms with van der Waals surface area (Å²) in [7, 11) is 0. The lowest BCUT2D eigenvalue weighted by Crippen LogP contribution is -2.00. The largest absolute Gasteiger partial charge is 0.427 e. The van der Waals surface area contributed by atoms with Gasteiger partial charge in [-0.2, -0.15) is 4.73 Å². The first kappa shape index (κ1) is 9.24. The van der Waals surface area contributed by atoms with E-state index in [1.165, 1.54) is 0 Å². The maximum absolute atomic E-state index is 9.55. The van der Waals surface area contributed by atoms with E-state index < -0.39 is 0 Å². The lowest BCUT2D eigenvalue weighted by atomic mass is 10.5. The Labute approximate surface area is 101 Å². The Morgan fingerprint density at radius 3 is 2.77 bits per heavy atom. The van der Waals surface area contributed by atoms with Gasteiger partial charge >= 0.3 is 0 Å². The normalized spacial score (nSPS) is 10.9. The van der Waals surface area contributed by atoms with Crippen LogP contribution in [0.5, 0.6) is 0 Å². The highest BCUT2D eigenvalue weighted by Crippen LogP contribution is 2.22. The van der Waals surface area contributed by atoms with E-state index in [0.717, 1.165) is 4.73 Å². The third-order valence-electron chi connectivity index (χ3n) is 1.56. The van der Waals surface area contributed by atoms with Crippen LogP contribution >= 0.6 is 45.2 Å². The van der Waals surface area contributed by atoms with E-state index in [4.69, 9.17) is 5.73 Å². The molecule has 2 aromatic rings. The minimum atomic E-state index is 0.221. The number of nitrogens with two attached hydrogens (primary N) is 1. The van der Waals surface area contributed by atoms with Crippen LogP contribution in [0.1, 0.15) is 0 Å². The molecule has 0 spiro atoms. The van der Waals surface area contributed by atoms with Gasteiger partial charge in [-0.15, -0.1) is 0 Å². The smallest absolute Gasteiger partial charge is 0.221 e. The molecule has 5 nitrogen and oxygen atoms in total. The van der Waals surface area contributed by atoms with Crippen molar-refractivity contribution < 1.29 is 5.21 Å². The highest BCUT2D eigenvalue weighted by Gasteiger charge is 2.11. The van der Waals surface area contributed by atoms with E-state index in [-0.39, 0.29) is 5.95 Å². The molecule has 0 aliphatic heterocycles. The fourth-order valence-electron chi connectivity index (χ4n) is 1.04. The van der Waals surface area contributed by atoms with Gasteiger partial charge in [0, 0.05) is 0 Å². The molecule has 7 heteroatoms. The van der Waals surface area contributed by atoms with Gasteiger partial charge in [0.15, 0.2) is 0 Å². The van der Waals surface area contributed by atoms with E-state index in [2.05, 4.69) is 9.97 Å². The van der Waals surface area contributed by atoms with Crippen molar-refractivity contribution in [2.75, 3.05) is 5.73 Å². The number of hydrogen-bond acceptors (Lipinski definition) is 4. The molecule has 3 N–H and O–H groups in total. The molecule has 0 bridgehead atoms. The number of anilines is 1. The van der Waals surface area contributed by atoms with E-state index in [9.17, 15) is 5.21 Å². The Balaban J connectivity index is 2.94. The second kappa shape index (κ2) is 3.12. The minimum absolute atomic E-state index is 0.221. The van der Waals surface area contributed by atoms with Crippen molar-refractivity contribution in [3.63, 3.8) is 0 Å². The van der Waals surface area contributed by atoms with Crippen molar-refractivity contribution in [1.29, 1.82) is 0 Å². The van der Waals surface area contributed by atoms with Gasteiger partial charge in [0.2, 0.25) is 5.95 Å². The van der Waals surface area contributed by atoms with Crippen LogP contribution in [-0.4, -0.2) is 19.9 Å². The lowest BCUT2D eigenvalue weighted by molar-refractivity contribution is 0.192. The van der Waals surface area contributed by atoms with Gasteiger partial charge in [-0.05, 0) is 51.2 Å². The Hall–Kier alpha value is -0.320. The van der Waals surface area contributed by atoms with Crippen LogP contribution in [0.3, 0.4) is 0 Å². The standard InChI is InChI=1S/C6H4I2N4O/c7-3-1-2-4(12(3)13)5(8)11-6(9)10-2/h1,13H,(H2,9,10,11). The number of fused-ring (bicyclic) bond motifs is 1. The van der Waals surface area contributed by atoms with Gasteiger partial charge in [0.1, 0.15) is 12.9 Å². The summed E-state index contributed by atoms with van der Waals surface area (Å²) in [5.74, 6) is 0.221. The van der Waals surface area contributed by atoms with Gasteiger partial charge in [-0.3, -0.25) is 0 Å². The second-order valence-electron chi connectivity index (χ2n) is 2.39. The third-order valence-corrected chi connectivity index (χ3v) is 3.08. The molecule has 0 amide bonds. The molecule has 68 valence electrons. The quantitative estimate of drug-likeness (QED) is 0.398. The van der Waals surface area contributed by atoms with Crippen LogP contribution < -0.4 is 5.73 Å². The number of nitrogens with zero attached hydrogens (tertiary/aromatic N) is 3. The molecule has 0 aromatic carbocycles. The fourth-order valence-corrected chi connectivity index (χ4v) is 2.33. The Bertz CT molecular complexity index is 481. The fraction of sp³-hybridized carbons (Fsp3) is 0. The Kier molecular flexibility index (Phi) is 2.21. The van der Waals surface area contributed by atoms with Gasteiger partial charge in [0.25, 0.3) is 0 Å². The zero-order valence-corrected chi connectivity index (χ0v) is 10.5. The van der Waals surface area contributed by atoms with E-state index in [1.54, 1.807) is 6.07 Å². The van der Waals surface area contributed by atoms with Crippen LogP contribution in [0.2, 0.25) is 0 Å². The van der Waals surface area contributed by atoms with Crippen LogP contribution in [-0.2, 0) is 0 Å². The SMILES string of the molecule is Nc1nc(I)c2c(cc(I)n2O)n1. The highest BCUT2D eigenvalue weighted by molar-refractivity contribution is 14.1. The molecule has 2 rings (SSSR count). The number of halogens is 2. The summed E-state index contributed by atoms with van der Waals surface area (Å²) in [6, 6.07) is 1.75. The van der Waals surface area contributed by atoms with Crippen molar-refractivity contribution in [3.8, 4) is 0 Å². The summed E-state index contributed by atoms with van der Waals surface area (Å²) in [4.78, 5) is 7.94. The van der Waals surface area contributed by atoms with Crippen LogP contribution in [0.15, 0.2) is 6.07 Å². The number of aromatic nitrogens is 3. The molecule has 0 radical (unpaired) electrons. The molecule has 0 aliphatic rings. The Morgan fingerprint density at radius 1 is 1.38 bits per heavy atom. The molecule has 0 saturated carbocycles. The first-order valence-corrected chi connectivity index (χ1v) is 5.44. The van der Waals surface area contributed by atoms with Gasteiger partial charge in [-0.25, -0.2) is 9.97 Å². The maximum atomic E-state index is 9.55. The summed E-state index contributed by atoms with van der Waals surface area (Å²) in [6.07, 6.45) is 0. The van der Waals surface area contributed by atoms with Gasteiger partial charge in [0.05, 0.1) is 5.52 Å². The first-order chi connectivity index (χ1) is 6.09. The molecule has 0 fully saturated rings. The summed E-state index contributed by atoms with van der Waals surface area (Å²) in [5, 5.41) is 9.55. The average molecular weight is 402 g/mol. The number of hydrogen-bond donors (Lipinski definition) is 2. The van der Waals surface area contributed by atoms with Crippen molar-refractivity contribution in [2.45, 2.75) is 0 Å². The number of nitrogen functional groups attached to an aromatic ring is 1. The maximum Gasteiger partial charge on any atom is 0.221 e. The molecule has 0 unspecified atom stereocenters. The highest BCUT2D eigenvalue weighted by atomic mass is 127. The summed E-state index contributed by atoms with van der Waals surface area (Å²) < 4.78 is 2.38. The molecular weight excluding hydrogens is 398 g/mol. The van der Waals surface area contributed by atoms with E-state index >= 15 is 0 Å². The summed E-state index contributed by atoms with van der Waals surface area (Å²) >= 11 is 4.01. The van der Waals surface area contributed by atoms with Crippen molar-refractivity contribution >= 4 is 62.2 Å². The predicted octanol–water partition coefficient (Wildman–Crippen LogP) is 1.46. The zero-order valence-electron chi connectivity index (χ0n) is 6.20. The Morgan fingerprint density at radius 2 is 2.08 bits per heavy atom. The predicted molar refractivity (Wildman–Crippen MR) is 64.6 cm³/mol. The topological polar surface area (TPSA) is 77.0 Å². The zero-order chi connectivity index (χ0) is 9.59. The van der Waals surface area contributed by atoms with Crippen molar-refractivity contribution in [3.05, 3.63) is 13.5 Å². The molecule has 0 atom stereocenters. The van der Waals surface area contributed by atoms with Crippen LogP contribution in [0.4, 0.5) is 5.95 Å².